The van der Waals surface area contributed by atoms with E-state index in [-0.39, 0.29) is 29.8 Å². The van der Waals surface area contributed by atoms with Gasteiger partial charge in [-0.05, 0) is 37.1 Å². The van der Waals surface area contributed by atoms with Gasteiger partial charge < -0.3 is 25.8 Å². The van der Waals surface area contributed by atoms with Crippen molar-refractivity contribution in [3.8, 4) is 11.8 Å². The molecule has 1 heterocycles. The molecular formula is C20H25FN4O4. The van der Waals surface area contributed by atoms with E-state index in [1.165, 1.54) is 26.4 Å². The monoisotopic (exact) mass is 404 g/mol. The van der Waals surface area contributed by atoms with Crippen LogP contribution in [0.3, 0.4) is 0 Å². The molecule has 1 aromatic carbocycles. The summed E-state index contributed by atoms with van der Waals surface area (Å²) in [5.74, 6) is -0.169. The number of carbonyl (C=O) groups excluding carboxylic acids is 2. The van der Waals surface area contributed by atoms with E-state index in [4.69, 9.17) is 15.2 Å². The van der Waals surface area contributed by atoms with Gasteiger partial charge in [-0.1, -0.05) is 6.42 Å². The topological polar surface area (TPSA) is 116 Å². The van der Waals surface area contributed by atoms with Gasteiger partial charge in [0.2, 0.25) is 23.6 Å². The number of benzene rings is 1. The summed E-state index contributed by atoms with van der Waals surface area (Å²) in [6.07, 6.45) is 2.55. The summed E-state index contributed by atoms with van der Waals surface area (Å²) in [4.78, 5) is 28.1. The summed E-state index contributed by atoms with van der Waals surface area (Å²) < 4.78 is 23.2. The van der Waals surface area contributed by atoms with Gasteiger partial charge in [-0.15, -0.1) is 0 Å². The standard InChI is InChI=1S/C20H25FN4O4/c1-28-19-11-10-16(20(25-19)29-2)24-18(27)7-5-3-4-6-17(26)23-15-9-8-13(21)12-14(15)22/h8-12H,3-7,22H2,1-2H3,(H,23,26)(H,24,27). The molecule has 0 unspecified atom stereocenters. The first-order valence-corrected chi connectivity index (χ1v) is 9.16. The normalized spacial score (nSPS) is 10.3. The zero-order valence-electron chi connectivity index (χ0n) is 16.5. The molecule has 29 heavy (non-hydrogen) atoms. The maximum Gasteiger partial charge on any atom is 0.240 e. The first kappa shape index (κ1) is 21.9. The average Bonchev–Trinajstić information content (AvgIpc) is 2.70. The Morgan fingerprint density at radius 1 is 0.966 bits per heavy atom. The largest absolute Gasteiger partial charge is 0.481 e. The Morgan fingerprint density at radius 2 is 1.59 bits per heavy atom. The molecule has 4 N–H and O–H groups in total. The number of nitrogen functional groups attached to an aromatic ring is 1. The van der Waals surface area contributed by atoms with Crippen molar-refractivity contribution < 1.29 is 23.5 Å². The van der Waals surface area contributed by atoms with Gasteiger partial charge in [0.05, 0.1) is 25.6 Å². The third kappa shape index (κ3) is 6.95. The molecule has 2 rings (SSSR count). The zero-order valence-corrected chi connectivity index (χ0v) is 16.5. The zero-order chi connectivity index (χ0) is 21.2. The summed E-state index contributed by atoms with van der Waals surface area (Å²) in [5, 5.41) is 5.40. The molecule has 8 nitrogen and oxygen atoms in total. The molecule has 0 bridgehead atoms. The Labute approximate surface area is 168 Å². The smallest absolute Gasteiger partial charge is 0.240 e. The van der Waals surface area contributed by atoms with E-state index in [0.29, 0.717) is 42.9 Å². The summed E-state index contributed by atoms with van der Waals surface area (Å²) in [7, 11) is 2.96. The van der Waals surface area contributed by atoms with Gasteiger partial charge in [-0.25, -0.2) is 4.39 Å². The fourth-order valence-corrected chi connectivity index (χ4v) is 2.61. The maximum absolute atomic E-state index is 13.0. The lowest BCUT2D eigenvalue weighted by Crippen LogP contribution is -2.13. The number of hydrogen-bond donors (Lipinski definition) is 3. The maximum atomic E-state index is 13.0. The third-order valence-electron chi connectivity index (χ3n) is 4.11. The van der Waals surface area contributed by atoms with E-state index in [2.05, 4.69) is 15.6 Å². The van der Waals surface area contributed by atoms with E-state index in [9.17, 15) is 14.0 Å². The molecule has 0 spiro atoms. The molecule has 0 aliphatic carbocycles. The number of carbonyl (C=O) groups is 2. The van der Waals surface area contributed by atoms with Crippen LogP contribution in [0.15, 0.2) is 30.3 Å². The number of aromatic nitrogens is 1. The fraction of sp³-hybridized carbons (Fsp3) is 0.350. The average molecular weight is 404 g/mol. The van der Waals surface area contributed by atoms with Crippen molar-refractivity contribution in [1.29, 1.82) is 0 Å². The van der Waals surface area contributed by atoms with Crippen LogP contribution in [0.25, 0.3) is 0 Å². The summed E-state index contributed by atoms with van der Waals surface area (Å²) in [5.41, 5.74) is 6.69. The molecule has 9 heteroatoms. The van der Waals surface area contributed by atoms with Gasteiger partial charge in [0.25, 0.3) is 0 Å². The van der Waals surface area contributed by atoms with E-state index in [0.717, 1.165) is 6.07 Å². The predicted octanol–water partition coefficient (Wildman–Crippen LogP) is 3.35. The van der Waals surface area contributed by atoms with Gasteiger partial charge >= 0.3 is 0 Å². The van der Waals surface area contributed by atoms with Gasteiger partial charge in [-0.3, -0.25) is 9.59 Å². The first-order valence-electron chi connectivity index (χ1n) is 9.16. The van der Waals surface area contributed by atoms with Crippen LogP contribution in [-0.2, 0) is 9.59 Å². The Hall–Kier alpha value is -3.36. The highest BCUT2D eigenvalue weighted by Gasteiger charge is 2.11. The second kappa shape index (κ2) is 10.8. The first-order chi connectivity index (χ1) is 13.9. The summed E-state index contributed by atoms with van der Waals surface area (Å²) >= 11 is 0. The van der Waals surface area contributed by atoms with Gasteiger partial charge in [0.15, 0.2) is 0 Å². The highest BCUT2D eigenvalue weighted by atomic mass is 19.1. The number of methoxy groups -OCH3 is 2. The Kier molecular flexibility index (Phi) is 8.20. The Morgan fingerprint density at radius 3 is 2.17 bits per heavy atom. The number of ether oxygens (including phenoxy) is 2. The number of hydrogen-bond acceptors (Lipinski definition) is 6. The fourth-order valence-electron chi connectivity index (χ4n) is 2.61. The van der Waals surface area contributed by atoms with Crippen LogP contribution in [0.1, 0.15) is 32.1 Å². The Bertz CT molecular complexity index is 860. The van der Waals surface area contributed by atoms with Crippen LogP contribution in [0, 0.1) is 5.82 Å². The lowest BCUT2D eigenvalue weighted by Gasteiger charge is -2.10. The van der Waals surface area contributed by atoms with E-state index in [1.807, 2.05) is 0 Å². The molecule has 0 fully saturated rings. The minimum atomic E-state index is -0.457. The van der Waals surface area contributed by atoms with Crippen molar-refractivity contribution in [2.75, 3.05) is 30.6 Å². The highest BCUT2D eigenvalue weighted by molar-refractivity contribution is 5.94. The number of nitrogens with two attached hydrogens (primary N) is 1. The number of anilines is 3. The van der Waals surface area contributed by atoms with Crippen LogP contribution in [0.5, 0.6) is 11.8 Å². The summed E-state index contributed by atoms with van der Waals surface area (Å²) in [6, 6.07) is 7.10. The minimum absolute atomic E-state index is 0.168. The molecule has 2 amide bonds. The van der Waals surface area contributed by atoms with Crippen LogP contribution in [0.4, 0.5) is 21.5 Å². The van der Waals surface area contributed by atoms with Crippen molar-refractivity contribution in [3.63, 3.8) is 0 Å². The van der Waals surface area contributed by atoms with Gasteiger partial charge in [0.1, 0.15) is 11.5 Å². The van der Waals surface area contributed by atoms with Crippen molar-refractivity contribution in [1.82, 2.24) is 4.98 Å². The van der Waals surface area contributed by atoms with Gasteiger partial charge in [0, 0.05) is 18.9 Å². The molecule has 0 aliphatic rings. The van der Waals surface area contributed by atoms with Crippen molar-refractivity contribution >= 4 is 28.9 Å². The van der Waals surface area contributed by atoms with E-state index < -0.39 is 5.82 Å². The molecular weight excluding hydrogens is 379 g/mol. The van der Waals surface area contributed by atoms with Crippen LogP contribution in [0.2, 0.25) is 0 Å². The molecule has 0 saturated carbocycles. The molecule has 2 aromatic rings. The number of nitrogens with one attached hydrogen (secondary N) is 2. The number of rotatable bonds is 10. The second-order valence-electron chi connectivity index (χ2n) is 6.30. The van der Waals surface area contributed by atoms with Crippen molar-refractivity contribution in [2.24, 2.45) is 0 Å². The SMILES string of the molecule is COc1ccc(NC(=O)CCCCCC(=O)Nc2ccc(F)cc2N)c(OC)n1. The quantitative estimate of drug-likeness (QED) is 0.413. The number of pyridine rings is 1. The van der Waals surface area contributed by atoms with Crippen LogP contribution in [-0.4, -0.2) is 31.0 Å². The van der Waals surface area contributed by atoms with E-state index in [1.54, 1.807) is 12.1 Å². The predicted molar refractivity (Wildman–Crippen MR) is 108 cm³/mol. The molecule has 0 radical (unpaired) electrons. The lowest BCUT2D eigenvalue weighted by atomic mass is 10.1. The van der Waals surface area contributed by atoms with Crippen molar-refractivity contribution in [2.45, 2.75) is 32.1 Å². The summed E-state index contributed by atoms with van der Waals surface area (Å²) in [6.45, 7) is 0. The highest BCUT2D eigenvalue weighted by Crippen LogP contribution is 2.25. The van der Waals surface area contributed by atoms with Gasteiger partial charge in [-0.2, -0.15) is 4.98 Å². The third-order valence-corrected chi connectivity index (χ3v) is 4.11. The molecule has 0 saturated heterocycles. The number of halogens is 1. The number of nitrogens with zero attached hydrogens (tertiary/aromatic N) is 1. The van der Waals surface area contributed by atoms with E-state index >= 15 is 0 Å². The van der Waals surface area contributed by atoms with Crippen molar-refractivity contribution in [3.05, 3.63) is 36.1 Å². The number of amides is 2. The molecule has 156 valence electrons. The molecule has 1 aromatic heterocycles. The molecule has 0 aliphatic heterocycles. The lowest BCUT2D eigenvalue weighted by molar-refractivity contribution is -0.116. The van der Waals surface area contributed by atoms with Crippen LogP contribution < -0.4 is 25.8 Å². The number of unbranched alkanes of at least 4 members (excludes halogenated alkanes) is 2. The Balaban J connectivity index is 1.68. The molecule has 0 atom stereocenters. The second-order valence-corrected chi connectivity index (χ2v) is 6.30. The minimum Gasteiger partial charge on any atom is -0.481 e. The van der Waals surface area contributed by atoms with Crippen LogP contribution >= 0.6 is 0 Å².